The molecule has 2 N–H and O–H groups in total. The molecule has 0 saturated carbocycles. The molecule has 78 valence electrons. The highest BCUT2D eigenvalue weighted by Gasteiger charge is 2.00. The van der Waals surface area contributed by atoms with E-state index < -0.39 is 0 Å². The first-order chi connectivity index (χ1) is 7.13. The average molecular weight is 202 g/mol. The Hall–Kier alpha value is -1.84. The van der Waals surface area contributed by atoms with Gasteiger partial charge < -0.3 is 5.32 Å². The predicted octanol–water partition coefficient (Wildman–Crippen LogP) is 2.47. The number of H-pyrrole nitrogens is 1. The van der Waals surface area contributed by atoms with Crippen LogP contribution in [0.25, 0.3) is 0 Å². The molecule has 0 unspecified atom stereocenters. The van der Waals surface area contributed by atoms with Crippen LogP contribution in [-0.2, 0) is 0 Å². The fourth-order valence-electron chi connectivity index (χ4n) is 1.52. The molecular weight excluding hydrogens is 188 g/mol. The molecule has 0 aliphatic heterocycles. The Morgan fingerprint density at radius 3 is 2.47 bits per heavy atom. The van der Waals surface area contributed by atoms with Gasteiger partial charge >= 0.3 is 0 Å². The van der Waals surface area contributed by atoms with Gasteiger partial charge in [-0.1, -0.05) is 0 Å². The van der Waals surface area contributed by atoms with Gasteiger partial charge in [-0.25, -0.2) is 4.98 Å². The van der Waals surface area contributed by atoms with Crippen LogP contribution in [0, 0.1) is 20.8 Å². The molecule has 4 nitrogen and oxygen atoms in total. The maximum absolute atomic E-state index is 4.37. The molecule has 0 bridgehead atoms. The zero-order chi connectivity index (χ0) is 10.8. The molecule has 2 rings (SSSR count). The van der Waals surface area contributed by atoms with Crippen molar-refractivity contribution in [1.82, 2.24) is 15.2 Å². The predicted molar refractivity (Wildman–Crippen MR) is 60.3 cm³/mol. The number of nitrogens with one attached hydrogen (secondary N) is 2. The van der Waals surface area contributed by atoms with E-state index in [4.69, 9.17) is 0 Å². The van der Waals surface area contributed by atoms with Crippen LogP contribution in [0.1, 0.15) is 17.0 Å². The molecule has 0 aliphatic carbocycles. The van der Waals surface area contributed by atoms with E-state index in [-0.39, 0.29) is 0 Å². The third-order valence-corrected chi connectivity index (χ3v) is 2.06. The van der Waals surface area contributed by atoms with E-state index >= 15 is 0 Å². The molecule has 0 spiro atoms. The highest BCUT2D eigenvalue weighted by Crippen LogP contribution is 2.14. The van der Waals surface area contributed by atoms with Gasteiger partial charge in [0.05, 0.1) is 0 Å². The lowest BCUT2D eigenvalue weighted by atomic mass is 10.2. The average Bonchev–Trinajstić information content (AvgIpc) is 2.49. The van der Waals surface area contributed by atoms with Gasteiger partial charge in [-0.15, -0.1) is 0 Å². The monoisotopic (exact) mass is 202 g/mol. The summed E-state index contributed by atoms with van der Waals surface area (Å²) in [6.45, 7) is 6.00. The number of nitrogens with zero attached hydrogens (tertiary/aromatic N) is 2. The lowest BCUT2D eigenvalue weighted by molar-refractivity contribution is 1.05. The summed E-state index contributed by atoms with van der Waals surface area (Å²) in [7, 11) is 0. The van der Waals surface area contributed by atoms with Gasteiger partial charge in [0.25, 0.3) is 0 Å². The summed E-state index contributed by atoms with van der Waals surface area (Å²) in [6, 6.07) is 5.98. The minimum absolute atomic E-state index is 0.796. The van der Waals surface area contributed by atoms with Crippen molar-refractivity contribution < 1.29 is 0 Å². The van der Waals surface area contributed by atoms with Crippen LogP contribution in [0.3, 0.4) is 0 Å². The largest absolute Gasteiger partial charge is 0.323 e. The Kier molecular flexibility index (Phi) is 2.41. The van der Waals surface area contributed by atoms with Crippen LogP contribution in [0.15, 0.2) is 18.2 Å². The zero-order valence-corrected chi connectivity index (χ0v) is 9.13. The highest BCUT2D eigenvalue weighted by molar-refractivity contribution is 5.52. The maximum Gasteiger partial charge on any atom is 0.153 e. The van der Waals surface area contributed by atoms with Gasteiger partial charge in [0.2, 0.25) is 0 Å². The van der Waals surface area contributed by atoms with Crippen LogP contribution in [0.2, 0.25) is 0 Å². The van der Waals surface area contributed by atoms with Crippen molar-refractivity contribution in [3.8, 4) is 0 Å². The van der Waals surface area contributed by atoms with Gasteiger partial charge in [-0.3, -0.25) is 5.10 Å². The normalized spacial score (nSPS) is 10.3. The van der Waals surface area contributed by atoms with E-state index in [1.807, 2.05) is 32.0 Å². The van der Waals surface area contributed by atoms with Crippen molar-refractivity contribution in [2.75, 3.05) is 5.32 Å². The first-order valence-electron chi connectivity index (χ1n) is 4.88. The number of hydrogen-bond donors (Lipinski definition) is 2. The van der Waals surface area contributed by atoms with Crippen LogP contribution >= 0.6 is 0 Å². The third-order valence-electron chi connectivity index (χ3n) is 2.06. The third kappa shape index (κ3) is 2.34. The molecule has 0 aromatic carbocycles. The van der Waals surface area contributed by atoms with Gasteiger partial charge in [0.15, 0.2) is 5.82 Å². The minimum Gasteiger partial charge on any atom is -0.323 e. The molecule has 15 heavy (non-hydrogen) atoms. The molecule has 0 atom stereocenters. The standard InChI is InChI=1S/C11H14N4/c1-7-4-8(2)12-10(5-7)13-11-6-9(3)14-15-11/h4-6H,1-3H3,(H2,12,13,14,15). The molecule has 2 heterocycles. The quantitative estimate of drug-likeness (QED) is 0.786. The Bertz CT molecular complexity index is 453. The zero-order valence-electron chi connectivity index (χ0n) is 9.13. The first-order valence-corrected chi connectivity index (χ1v) is 4.88. The number of pyridine rings is 1. The molecular formula is C11H14N4. The molecule has 0 radical (unpaired) electrons. The highest BCUT2D eigenvalue weighted by atomic mass is 15.2. The smallest absolute Gasteiger partial charge is 0.153 e. The van der Waals surface area contributed by atoms with Crippen molar-refractivity contribution in [2.45, 2.75) is 20.8 Å². The van der Waals surface area contributed by atoms with E-state index in [0.717, 1.165) is 23.0 Å². The summed E-state index contributed by atoms with van der Waals surface area (Å²) in [5, 5.41) is 10.1. The Morgan fingerprint density at radius 1 is 1.07 bits per heavy atom. The lowest BCUT2D eigenvalue weighted by Gasteiger charge is -2.04. The number of rotatable bonds is 2. The van der Waals surface area contributed by atoms with Gasteiger partial charge in [0.1, 0.15) is 5.82 Å². The molecule has 2 aromatic rings. The van der Waals surface area contributed by atoms with Gasteiger partial charge in [-0.2, -0.15) is 5.10 Å². The molecule has 0 saturated heterocycles. The van der Waals surface area contributed by atoms with Crippen molar-refractivity contribution >= 4 is 11.6 Å². The molecule has 4 heteroatoms. The second kappa shape index (κ2) is 3.73. The summed E-state index contributed by atoms with van der Waals surface area (Å²) in [6.07, 6.45) is 0. The molecule has 2 aromatic heterocycles. The second-order valence-corrected chi connectivity index (χ2v) is 3.73. The van der Waals surface area contributed by atoms with Crippen molar-refractivity contribution in [1.29, 1.82) is 0 Å². The summed E-state index contributed by atoms with van der Waals surface area (Å²) in [4.78, 5) is 4.37. The van der Waals surface area contributed by atoms with E-state index in [1.165, 1.54) is 5.56 Å². The fraction of sp³-hybridized carbons (Fsp3) is 0.273. The fourth-order valence-corrected chi connectivity index (χ4v) is 1.52. The van der Waals surface area contributed by atoms with Crippen LogP contribution in [-0.4, -0.2) is 15.2 Å². The number of aromatic nitrogens is 3. The number of anilines is 2. The van der Waals surface area contributed by atoms with Crippen molar-refractivity contribution in [3.63, 3.8) is 0 Å². The topological polar surface area (TPSA) is 53.6 Å². The number of aryl methyl sites for hydroxylation is 3. The maximum atomic E-state index is 4.37. The Balaban J connectivity index is 2.24. The van der Waals surface area contributed by atoms with E-state index in [0.29, 0.717) is 0 Å². The molecule has 0 fully saturated rings. The van der Waals surface area contributed by atoms with E-state index in [2.05, 4.69) is 27.4 Å². The minimum atomic E-state index is 0.796. The Labute approximate surface area is 88.8 Å². The lowest BCUT2D eigenvalue weighted by Crippen LogP contribution is -1.96. The van der Waals surface area contributed by atoms with Gasteiger partial charge in [-0.05, 0) is 38.5 Å². The van der Waals surface area contributed by atoms with E-state index in [1.54, 1.807) is 0 Å². The van der Waals surface area contributed by atoms with E-state index in [9.17, 15) is 0 Å². The SMILES string of the molecule is Cc1cc(C)nc(Nc2cc(C)[nH]n2)c1. The summed E-state index contributed by atoms with van der Waals surface area (Å²) >= 11 is 0. The number of aromatic amines is 1. The summed E-state index contributed by atoms with van der Waals surface area (Å²) < 4.78 is 0. The van der Waals surface area contributed by atoms with Crippen LogP contribution in [0.5, 0.6) is 0 Å². The molecule has 0 amide bonds. The van der Waals surface area contributed by atoms with Crippen molar-refractivity contribution in [3.05, 3.63) is 35.2 Å². The summed E-state index contributed by atoms with van der Waals surface area (Å²) in [5.41, 5.74) is 3.23. The second-order valence-electron chi connectivity index (χ2n) is 3.73. The van der Waals surface area contributed by atoms with Crippen molar-refractivity contribution in [2.24, 2.45) is 0 Å². The van der Waals surface area contributed by atoms with Crippen LogP contribution < -0.4 is 5.32 Å². The molecule has 0 aliphatic rings. The van der Waals surface area contributed by atoms with Crippen LogP contribution in [0.4, 0.5) is 11.6 Å². The van der Waals surface area contributed by atoms with Gasteiger partial charge in [0, 0.05) is 17.5 Å². The first kappa shape index (κ1) is 9.71. The summed E-state index contributed by atoms with van der Waals surface area (Å²) in [5.74, 6) is 1.63. The Morgan fingerprint density at radius 2 is 1.87 bits per heavy atom. The number of hydrogen-bond acceptors (Lipinski definition) is 3.